The van der Waals surface area contributed by atoms with Gasteiger partial charge in [-0.15, -0.1) is 0 Å². The van der Waals surface area contributed by atoms with Gasteiger partial charge in [0.25, 0.3) is 0 Å². The van der Waals surface area contributed by atoms with Crippen molar-refractivity contribution < 1.29 is 23.1 Å². The number of nitrogens with zero attached hydrogens (tertiary/aromatic N) is 1. The van der Waals surface area contributed by atoms with Gasteiger partial charge in [-0.25, -0.2) is 13.2 Å². The quantitative estimate of drug-likeness (QED) is 0.609. The molecule has 0 saturated carbocycles. The first-order valence-corrected chi connectivity index (χ1v) is 10.2. The lowest BCUT2D eigenvalue weighted by Crippen LogP contribution is -2.47. The number of aliphatic hydroxyl groups is 1. The number of amides is 1. The maximum absolute atomic E-state index is 14.5. The molecule has 0 spiro atoms. The Hall–Kier alpha value is -3.12. The van der Waals surface area contributed by atoms with Gasteiger partial charge in [0.2, 0.25) is 5.91 Å². The van der Waals surface area contributed by atoms with Crippen molar-refractivity contribution in [2.24, 2.45) is 0 Å². The zero-order valence-electron chi connectivity index (χ0n) is 16.8. The molecule has 1 aliphatic heterocycles. The van der Waals surface area contributed by atoms with E-state index in [0.717, 1.165) is 0 Å². The average molecular weight is 425 g/mol. The number of hydrogen-bond acceptors (Lipinski definition) is 2. The third-order valence-corrected chi connectivity index (χ3v) is 6.06. The molecule has 1 aliphatic rings. The van der Waals surface area contributed by atoms with Crippen molar-refractivity contribution in [3.63, 3.8) is 0 Å². The van der Waals surface area contributed by atoms with Crippen LogP contribution in [-0.2, 0) is 10.2 Å². The Morgan fingerprint density at radius 2 is 1.68 bits per heavy atom. The monoisotopic (exact) mass is 425 g/mol. The largest absolute Gasteiger partial charge is 0.396 e. The number of rotatable bonds is 5. The molecule has 0 bridgehead atoms. The van der Waals surface area contributed by atoms with Gasteiger partial charge in [-0.05, 0) is 60.4 Å². The second kappa shape index (κ2) is 8.55. The smallest absolute Gasteiger partial charge is 0.227 e. The molecule has 3 aromatic rings. The number of benzene rings is 3. The van der Waals surface area contributed by atoms with Crippen molar-refractivity contribution in [1.82, 2.24) is 0 Å². The van der Waals surface area contributed by atoms with E-state index in [4.69, 9.17) is 0 Å². The fourth-order valence-corrected chi connectivity index (χ4v) is 4.41. The number of carbonyl (C=O) groups excluding carboxylic acids is 1. The number of hydrogen-bond donors (Lipinski definition) is 1. The van der Waals surface area contributed by atoms with Gasteiger partial charge in [0.15, 0.2) is 0 Å². The lowest BCUT2D eigenvalue weighted by Gasteiger charge is -2.41. The minimum absolute atomic E-state index is 0.0394. The van der Waals surface area contributed by atoms with Crippen molar-refractivity contribution >= 4 is 11.6 Å². The Morgan fingerprint density at radius 1 is 0.935 bits per heavy atom. The van der Waals surface area contributed by atoms with Crippen molar-refractivity contribution in [3.05, 3.63) is 89.7 Å². The van der Waals surface area contributed by atoms with Gasteiger partial charge in [0, 0.05) is 36.2 Å². The van der Waals surface area contributed by atoms with E-state index >= 15 is 0 Å². The molecule has 6 heteroatoms. The molecule has 1 saturated heterocycles. The van der Waals surface area contributed by atoms with E-state index in [1.807, 2.05) is 0 Å². The van der Waals surface area contributed by atoms with Crippen LogP contribution in [0.3, 0.4) is 0 Å². The van der Waals surface area contributed by atoms with E-state index in [0.29, 0.717) is 29.8 Å². The predicted octanol–water partition coefficient (Wildman–Crippen LogP) is 5.22. The molecule has 3 aromatic carbocycles. The van der Waals surface area contributed by atoms with Gasteiger partial charge >= 0.3 is 0 Å². The van der Waals surface area contributed by atoms with Crippen molar-refractivity contribution in [2.75, 3.05) is 18.1 Å². The van der Waals surface area contributed by atoms with Gasteiger partial charge in [-0.1, -0.05) is 30.3 Å². The Balaban J connectivity index is 1.65. The fourth-order valence-electron chi connectivity index (χ4n) is 4.41. The van der Waals surface area contributed by atoms with Crippen LogP contribution in [0.4, 0.5) is 18.9 Å². The molecule has 160 valence electrons. The topological polar surface area (TPSA) is 40.5 Å². The molecular weight excluding hydrogens is 403 g/mol. The summed E-state index contributed by atoms with van der Waals surface area (Å²) in [6.07, 6.45) is 0.777. The van der Waals surface area contributed by atoms with E-state index in [-0.39, 0.29) is 30.9 Å². The standard InChI is InChI=1S/C25H22F3NO2/c26-18-7-5-17(6-8-18)20-15-19(9-10-22(20)27)29-13-11-25(12-14-30,16-24(29)31)21-3-1-2-4-23(21)28/h1-10,15,30H,11-14,16H2. The van der Waals surface area contributed by atoms with E-state index in [1.54, 1.807) is 29.2 Å². The highest BCUT2D eigenvalue weighted by Gasteiger charge is 2.42. The van der Waals surface area contributed by atoms with Crippen LogP contribution in [0.15, 0.2) is 66.7 Å². The maximum atomic E-state index is 14.5. The van der Waals surface area contributed by atoms with Gasteiger partial charge < -0.3 is 10.0 Å². The molecule has 4 rings (SSSR count). The summed E-state index contributed by atoms with van der Waals surface area (Å²) < 4.78 is 42.2. The highest BCUT2D eigenvalue weighted by molar-refractivity contribution is 5.96. The van der Waals surface area contributed by atoms with E-state index < -0.39 is 22.9 Å². The summed E-state index contributed by atoms with van der Waals surface area (Å²) in [5, 5.41) is 9.60. The van der Waals surface area contributed by atoms with Crippen LogP contribution < -0.4 is 4.90 Å². The van der Waals surface area contributed by atoms with Gasteiger partial charge in [-0.3, -0.25) is 4.79 Å². The third-order valence-electron chi connectivity index (χ3n) is 6.06. The number of anilines is 1. The third kappa shape index (κ3) is 4.08. The summed E-state index contributed by atoms with van der Waals surface area (Å²) in [4.78, 5) is 14.7. The zero-order valence-corrected chi connectivity index (χ0v) is 16.8. The molecule has 0 radical (unpaired) electrons. The Kier molecular flexibility index (Phi) is 5.83. The normalized spacial score (nSPS) is 19.0. The molecule has 1 heterocycles. The lowest BCUT2D eigenvalue weighted by atomic mass is 9.70. The summed E-state index contributed by atoms with van der Waals surface area (Å²) in [7, 11) is 0. The Bertz CT molecular complexity index is 1100. The first kappa shape index (κ1) is 21.1. The molecular formula is C25H22F3NO2. The summed E-state index contributed by atoms with van der Waals surface area (Å²) >= 11 is 0. The molecule has 1 N–H and O–H groups in total. The first-order chi connectivity index (χ1) is 14.9. The highest BCUT2D eigenvalue weighted by atomic mass is 19.1. The van der Waals surface area contributed by atoms with Crippen LogP contribution >= 0.6 is 0 Å². The van der Waals surface area contributed by atoms with Crippen LogP contribution in [0.2, 0.25) is 0 Å². The number of carbonyl (C=O) groups is 1. The molecule has 1 unspecified atom stereocenters. The molecule has 31 heavy (non-hydrogen) atoms. The first-order valence-electron chi connectivity index (χ1n) is 10.2. The van der Waals surface area contributed by atoms with Crippen molar-refractivity contribution in [2.45, 2.75) is 24.7 Å². The van der Waals surface area contributed by atoms with Crippen molar-refractivity contribution in [3.8, 4) is 11.1 Å². The minimum Gasteiger partial charge on any atom is -0.396 e. The molecule has 0 aliphatic carbocycles. The number of piperidine rings is 1. The molecule has 1 atom stereocenters. The van der Waals surface area contributed by atoms with Crippen molar-refractivity contribution in [1.29, 1.82) is 0 Å². The van der Waals surface area contributed by atoms with E-state index in [2.05, 4.69) is 0 Å². The summed E-state index contributed by atoms with van der Waals surface area (Å²) in [5.41, 5.74) is 0.950. The van der Waals surface area contributed by atoms with Gasteiger partial charge in [0.1, 0.15) is 17.5 Å². The molecule has 3 nitrogen and oxygen atoms in total. The maximum Gasteiger partial charge on any atom is 0.227 e. The van der Waals surface area contributed by atoms with Crippen LogP contribution in [0.25, 0.3) is 11.1 Å². The SMILES string of the molecule is O=C1CC(CCO)(c2ccccc2F)CCN1c1ccc(F)c(-c2ccc(F)cc2)c1. The van der Waals surface area contributed by atoms with Crippen LogP contribution in [0.5, 0.6) is 0 Å². The Labute approximate surface area is 178 Å². The predicted molar refractivity (Wildman–Crippen MR) is 113 cm³/mol. The summed E-state index contributed by atoms with van der Waals surface area (Å²) in [6.45, 7) is 0.147. The zero-order chi connectivity index (χ0) is 22.0. The summed E-state index contributed by atoms with van der Waals surface area (Å²) in [6, 6.07) is 16.2. The lowest BCUT2D eigenvalue weighted by molar-refractivity contribution is -0.121. The Morgan fingerprint density at radius 3 is 2.35 bits per heavy atom. The van der Waals surface area contributed by atoms with Crippen LogP contribution in [0.1, 0.15) is 24.8 Å². The highest BCUT2D eigenvalue weighted by Crippen LogP contribution is 2.42. The van der Waals surface area contributed by atoms with Gasteiger partial charge in [-0.2, -0.15) is 0 Å². The van der Waals surface area contributed by atoms with Crippen LogP contribution in [0, 0.1) is 17.5 Å². The van der Waals surface area contributed by atoms with E-state index in [9.17, 15) is 23.1 Å². The second-order valence-corrected chi connectivity index (χ2v) is 7.88. The molecule has 1 amide bonds. The number of aliphatic hydroxyl groups excluding tert-OH is 1. The van der Waals surface area contributed by atoms with E-state index in [1.165, 1.54) is 42.5 Å². The molecule has 0 aromatic heterocycles. The summed E-state index contributed by atoms with van der Waals surface area (Å²) in [5.74, 6) is -1.50. The number of halogens is 3. The van der Waals surface area contributed by atoms with Crippen LogP contribution in [-0.4, -0.2) is 24.2 Å². The van der Waals surface area contributed by atoms with Gasteiger partial charge in [0.05, 0.1) is 0 Å². The second-order valence-electron chi connectivity index (χ2n) is 7.88. The molecule has 1 fully saturated rings. The average Bonchev–Trinajstić information content (AvgIpc) is 2.76. The fraction of sp³-hybridized carbons (Fsp3) is 0.240. The minimum atomic E-state index is -0.784.